The number of aromatic nitrogens is 1. The molecule has 0 aliphatic carbocycles. The Balaban J connectivity index is 2.55. The number of rotatable bonds is 4. The molecule has 0 bridgehead atoms. The van der Waals surface area contributed by atoms with E-state index in [-0.39, 0.29) is 5.84 Å². The van der Waals surface area contributed by atoms with E-state index in [2.05, 4.69) is 11.9 Å². The number of nitrogens with two attached hydrogens (primary N) is 1. The number of pyridine rings is 1. The van der Waals surface area contributed by atoms with Crippen LogP contribution in [0.2, 0.25) is 0 Å². The third kappa shape index (κ3) is 2.58. The summed E-state index contributed by atoms with van der Waals surface area (Å²) in [4.78, 5) is 4.57. The number of benzene rings is 1. The predicted molar refractivity (Wildman–Crippen MR) is 73.8 cm³/mol. The summed E-state index contributed by atoms with van der Waals surface area (Å²) in [6.45, 7) is 2.14. The van der Waals surface area contributed by atoms with Gasteiger partial charge in [0.15, 0.2) is 0 Å². The molecule has 0 saturated carbocycles. The van der Waals surface area contributed by atoms with Crippen molar-refractivity contribution in [3.05, 3.63) is 35.9 Å². The largest absolute Gasteiger partial charge is 0.384 e. The van der Waals surface area contributed by atoms with Gasteiger partial charge in [-0.3, -0.25) is 5.41 Å². The van der Waals surface area contributed by atoms with Gasteiger partial charge in [-0.2, -0.15) is 0 Å². The second kappa shape index (κ2) is 5.19. The van der Waals surface area contributed by atoms with Crippen molar-refractivity contribution in [3.63, 3.8) is 0 Å². The summed E-state index contributed by atoms with van der Waals surface area (Å²) in [5, 5.41) is 9.52. The van der Waals surface area contributed by atoms with Crippen LogP contribution in [0, 0.1) is 5.41 Å². The molecule has 0 atom stereocenters. The van der Waals surface area contributed by atoms with E-state index in [1.807, 2.05) is 30.3 Å². The van der Waals surface area contributed by atoms with Gasteiger partial charge < -0.3 is 5.73 Å². The molecule has 0 fully saturated rings. The van der Waals surface area contributed by atoms with Crippen molar-refractivity contribution in [1.82, 2.24) is 4.98 Å². The van der Waals surface area contributed by atoms with E-state index in [0.29, 0.717) is 0 Å². The smallest absolute Gasteiger partial charge is 0.123 e. The Bertz CT molecular complexity index is 551. The number of nitrogens with one attached hydrogen (secondary N) is 1. The van der Waals surface area contributed by atoms with E-state index in [9.17, 15) is 0 Å². The van der Waals surface area contributed by atoms with Gasteiger partial charge in [-0.05, 0) is 24.3 Å². The summed E-state index contributed by atoms with van der Waals surface area (Å²) in [6, 6.07) is 9.71. The monoisotopic (exact) mass is 245 g/mol. The number of nitrogen functional groups attached to an aromatic ring is 1. The van der Waals surface area contributed by atoms with Crippen LogP contribution >= 0.6 is 11.8 Å². The second-order valence-corrected chi connectivity index (χ2v) is 4.90. The number of hydrogen-bond donors (Lipinski definition) is 2. The average Bonchev–Trinajstić information content (AvgIpc) is 2.35. The van der Waals surface area contributed by atoms with Crippen LogP contribution in [0.1, 0.15) is 18.9 Å². The van der Waals surface area contributed by atoms with Crippen LogP contribution in [0.5, 0.6) is 0 Å². The maximum Gasteiger partial charge on any atom is 0.123 e. The van der Waals surface area contributed by atoms with Gasteiger partial charge in [0, 0.05) is 10.9 Å². The Morgan fingerprint density at radius 2 is 2.18 bits per heavy atom. The van der Waals surface area contributed by atoms with Crippen molar-refractivity contribution in [1.29, 1.82) is 5.41 Å². The van der Waals surface area contributed by atoms with E-state index in [0.717, 1.165) is 33.7 Å². The Labute approximate surface area is 105 Å². The maximum absolute atomic E-state index is 7.63. The Hall–Kier alpha value is -1.55. The van der Waals surface area contributed by atoms with Gasteiger partial charge in [-0.15, -0.1) is 11.8 Å². The maximum atomic E-state index is 7.63. The molecule has 4 heteroatoms. The highest BCUT2D eigenvalue weighted by atomic mass is 32.2. The number of thioether (sulfide) groups is 1. The van der Waals surface area contributed by atoms with Crippen LogP contribution in [0.15, 0.2) is 35.4 Å². The zero-order chi connectivity index (χ0) is 12.3. The minimum atomic E-state index is 0.0990. The van der Waals surface area contributed by atoms with Crippen molar-refractivity contribution < 1.29 is 0 Å². The standard InChI is InChI=1S/C13H15N3S/c1-2-7-17-12-8-10(13(14)15)9-5-3-4-6-11(9)16-12/h3-6,8H,2,7H2,1H3,(H3,14,15). The highest BCUT2D eigenvalue weighted by molar-refractivity contribution is 7.99. The molecule has 0 aliphatic rings. The van der Waals surface area contributed by atoms with E-state index in [1.54, 1.807) is 11.8 Å². The molecule has 88 valence electrons. The molecule has 17 heavy (non-hydrogen) atoms. The van der Waals surface area contributed by atoms with Crippen molar-refractivity contribution in [3.8, 4) is 0 Å². The van der Waals surface area contributed by atoms with E-state index in [1.165, 1.54) is 0 Å². The van der Waals surface area contributed by atoms with Gasteiger partial charge >= 0.3 is 0 Å². The van der Waals surface area contributed by atoms with Gasteiger partial charge in [0.25, 0.3) is 0 Å². The molecule has 0 spiro atoms. The summed E-state index contributed by atoms with van der Waals surface area (Å²) in [6.07, 6.45) is 1.11. The molecule has 0 saturated heterocycles. The molecule has 3 nitrogen and oxygen atoms in total. The highest BCUT2D eigenvalue weighted by Crippen LogP contribution is 2.24. The van der Waals surface area contributed by atoms with E-state index >= 15 is 0 Å². The molecule has 0 aliphatic heterocycles. The summed E-state index contributed by atoms with van der Waals surface area (Å²) < 4.78 is 0. The van der Waals surface area contributed by atoms with Crippen molar-refractivity contribution in [2.75, 3.05) is 5.75 Å². The minimum Gasteiger partial charge on any atom is -0.384 e. The third-order valence-corrected chi connectivity index (χ3v) is 3.55. The summed E-state index contributed by atoms with van der Waals surface area (Å²) in [5.41, 5.74) is 7.30. The molecular weight excluding hydrogens is 230 g/mol. The lowest BCUT2D eigenvalue weighted by atomic mass is 10.1. The van der Waals surface area contributed by atoms with Crippen molar-refractivity contribution >= 4 is 28.5 Å². The molecule has 1 heterocycles. The SMILES string of the molecule is CCCSc1cc(C(=N)N)c2ccccc2n1. The molecule has 2 rings (SSSR count). The quantitative estimate of drug-likeness (QED) is 0.494. The van der Waals surface area contributed by atoms with Gasteiger partial charge in [-0.25, -0.2) is 4.98 Å². The van der Waals surface area contributed by atoms with Crippen LogP contribution in [0.25, 0.3) is 10.9 Å². The fourth-order valence-corrected chi connectivity index (χ4v) is 2.43. The zero-order valence-electron chi connectivity index (χ0n) is 9.73. The fraction of sp³-hybridized carbons (Fsp3) is 0.231. The van der Waals surface area contributed by atoms with E-state index in [4.69, 9.17) is 11.1 Å². The number of fused-ring (bicyclic) bond motifs is 1. The average molecular weight is 245 g/mol. The second-order valence-electron chi connectivity index (χ2n) is 3.79. The summed E-state index contributed by atoms with van der Waals surface area (Å²) in [7, 11) is 0. The predicted octanol–water partition coefficient (Wildman–Crippen LogP) is 3.02. The lowest BCUT2D eigenvalue weighted by molar-refractivity contribution is 1.09. The van der Waals surface area contributed by atoms with Crippen LogP contribution < -0.4 is 5.73 Å². The first-order chi connectivity index (χ1) is 8.22. The Morgan fingerprint density at radius 1 is 1.41 bits per heavy atom. The zero-order valence-corrected chi connectivity index (χ0v) is 10.6. The molecular formula is C13H15N3S. The van der Waals surface area contributed by atoms with Crippen LogP contribution in [-0.2, 0) is 0 Å². The Kier molecular flexibility index (Phi) is 3.64. The Morgan fingerprint density at radius 3 is 2.88 bits per heavy atom. The first kappa shape index (κ1) is 11.9. The number of para-hydroxylation sites is 1. The first-order valence-corrected chi connectivity index (χ1v) is 6.58. The molecule has 1 aromatic heterocycles. The normalized spacial score (nSPS) is 10.6. The van der Waals surface area contributed by atoms with Crippen LogP contribution in [-0.4, -0.2) is 16.6 Å². The van der Waals surface area contributed by atoms with Crippen molar-refractivity contribution in [2.45, 2.75) is 18.4 Å². The minimum absolute atomic E-state index is 0.0990. The third-order valence-electron chi connectivity index (χ3n) is 2.44. The van der Waals surface area contributed by atoms with Gasteiger partial charge in [-0.1, -0.05) is 25.1 Å². The van der Waals surface area contributed by atoms with Crippen LogP contribution in [0.4, 0.5) is 0 Å². The molecule has 0 unspecified atom stereocenters. The molecule has 1 aromatic carbocycles. The fourth-order valence-electron chi connectivity index (χ4n) is 1.65. The molecule has 3 N–H and O–H groups in total. The van der Waals surface area contributed by atoms with E-state index < -0.39 is 0 Å². The summed E-state index contributed by atoms with van der Waals surface area (Å²) >= 11 is 1.70. The van der Waals surface area contributed by atoms with Gasteiger partial charge in [0.1, 0.15) is 5.84 Å². The number of hydrogen-bond acceptors (Lipinski definition) is 3. The molecule has 0 radical (unpaired) electrons. The number of nitrogens with zero attached hydrogens (tertiary/aromatic N) is 1. The highest BCUT2D eigenvalue weighted by Gasteiger charge is 2.07. The lowest BCUT2D eigenvalue weighted by Crippen LogP contribution is -2.12. The van der Waals surface area contributed by atoms with Gasteiger partial charge in [0.2, 0.25) is 0 Å². The number of amidine groups is 1. The molecule has 0 amide bonds. The topological polar surface area (TPSA) is 62.8 Å². The van der Waals surface area contributed by atoms with Crippen LogP contribution in [0.3, 0.4) is 0 Å². The first-order valence-electron chi connectivity index (χ1n) is 5.59. The van der Waals surface area contributed by atoms with Gasteiger partial charge in [0.05, 0.1) is 10.5 Å². The summed E-state index contributed by atoms with van der Waals surface area (Å²) in [5.74, 6) is 1.13. The molecule has 2 aromatic rings. The van der Waals surface area contributed by atoms with Crippen molar-refractivity contribution in [2.24, 2.45) is 5.73 Å². The lowest BCUT2D eigenvalue weighted by Gasteiger charge is -2.07.